The first-order valence-electron chi connectivity index (χ1n) is 9.81. The second-order valence-corrected chi connectivity index (χ2v) is 6.76. The minimum Gasteiger partial charge on any atom is -0.468 e. The van der Waals surface area contributed by atoms with Crippen molar-refractivity contribution in [1.29, 1.82) is 0 Å². The number of benzene rings is 1. The van der Waals surface area contributed by atoms with Gasteiger partial charge in [-0.05, 0) is 63.0 Å². The monoisotopic (exact) mass is 372 g/mol. The van der Waals surface area contributed by atoms with Crippen molar-refractivity contribution in [3.63, 3.8) is 0 Å². The summed E-state index contributed by atoms with van der Waals surface area (Å²) in [6.07, 6.45) is 4.79. The Bertz CT molecular complexity index is 711. The van der Waals surface area contributed by atoms with Crippen molar-refractivity contribution in [2.24, 2.45) is 4.99 Å². The van der Waals surface area contributed by atoms with E-state index in [0.717, 1.165) is 31.4 Å². The van der Waals surface area contributed by atoms with E-state index in [1.165, 1.54) is 18.9 Å². The van der Waals surface area contributed by atoms with Crippen molar-refractivity contribution in [3.8, 4) is 0 Å². The zero-order chi connectivity index (χ0) is 18.9. The molecule has 3 rings (SSSR count). The highest BCUT2D eigenvalue weighted by molar-refractivity contribution is 5.79. The maximum atomic E-state index is 13.8. The van der Waals surface area contributed by atoms with Gasteiger partial charge in [-0.3, -0.25) is 9.89 Å². The van der Waals surface area contributed by atoms with Gasteiger partial charge in [0.25, 0.3) is 0 Å². The fourth-order valence-corrected chi connectivity index (χ4v) is 3.46. The summed E-state index contributed by atoms with van der Waals surface area (Å²) in [6.45, 7) is 6.24. The molecule has 1 atom stereocenters. The molecule has 5 nitrogen and oxygen atoms in total. The second kappa shape index (κ2) is 10.1. The Hall–Kier alpha value is -2.34. The number of aliphatic imine (C=N–C) groups is 1. The molecule has 1 aromatic carbocycles. The lowest BCUT2D eigenvalue weighted by Gasteiger charge is -2.24. The van der Waals surface area contributed by atoms with Crippen LogP contribution in [0.15, 0.2) is 52.1 Å². The molecule has 1 aliphatic rings. The van der Waals surface area contributed by atoms with E-state index in [9.17, 15) is 4.39 Å². The van der Waals surface area contributed by atoms with Gasteiger partial charge in [0.05, 0.1) is 18.8 Å². The molecule has 0 aliphatic carbocycles. The molecule has 0 bridgehead atoms. The van der Waals surface area contributed by atoms with Gasteiger partial charge >= 0.3 is 0 Å². The Balaban J connectivity index is 1.60. The molecule has 1 unspecified atom stereocenters. The number of nitrogens with zero attached hydrogens (tertiary/aromatic N) is 2. The van der Waals surface area contributed by atoms with E-state index >= 15 is 0 Å². The van der Waals surface area contributed by atoms with E-state index in [1.54, 1.807) is 12.3 Å². The van der Waals surface area contributed by atoms with Gasteiger partial charge in [0, 0.05) is 13.1 Å². The highest BCUT2D eigenvalue weighted by Gasteiger charge is 2.25. The van der Waals surface area contributed by atoms with Crippen LogP contribution >= 0.6 is 0 Å². The van der Waals surface area contributed by atoms with Crippen LogP contribution in [-0.4, -0.2) is 43.6 Å². The Morgan fingerprint density at radius 3 is 2.70 bits per heavy atom. The first-order chi connectivity index (χ1) is 13.3. The number of hydrogen-bond donors (Lipinski definition) is 2. The van der Waals surface area contributed by atoms with Crippen LogP contribution in [0.3, 0.4) is 0 Å². The smallest absolute Gasteiger partial charge is 0.191 e. The molecule has 1 fully saturated rings. The molecular weight excluding hydrogens is 343 g/mol. The third-order valence-electron chi connectivity index (χ3n) is 4.86. The highest BCUT2D eigenvalue weighted by Crippen LogP contribution is 2.25. The summed E-state index contributed by atoms with van der Waals surface area (Å²) in [5.74, 6) is 1.56. The van der Waals surface area contributed by atoms with E-state index < -0.39 is 0 Å². The molecule has 6 heteroatoms. The maximum absolute atomic E-state index is 13.8. The Kier molecular flexibility index (Phi) is 7.27. The van der Waals surface area contributed by atoms with Gasteiger partial charge < -0.3 is 15.1 Å². The predicted molar refractivity (Wildman–Crippen MR) is 106 cm³/mol. The molecule has 0 amide bonds. The molecule has 0 saturated carbocycles. The topological polar surface area (TPSA) is 52.8 Å². The van der Waals surface area contributed by atoms with Crippen molar-refractivity contribution in [2.75, 3.05) is 32.7 Å². The standard InChI is InChI=1S/C21H29FN4O/c1-2-23-21(24-12-11-17-8-3-4-9-18(17)22)25-16-19(20-10-7-15-27-20)26-13-5-6-14-26/h3-4,7-10,15,19H,2,5-6,11-14,16H2,1H3,(H2,23,24,25). The van der Waals surface area contributed by atoms with E-state index in [2.05, 4.69) is 15.5 Å². The lowest BCUT2D eigenvalue weighted by molar-refractivity contribution is 0.221. The highest BCUT2D eigenvalue weighted by atomic mass is 19.1. The summed E-state index contributed by atoms with van der Waals surface area (Å²) < 4.78 is 19.4. The summed E-state index contributed by atoms with van der Waals surface area (Å²) in [6, 6.07) is 11.0. The van der Waals surface area contributed by atoms with Crippen LogP contribution in [0.25, 0.3) is 0 Å². The number of guanidine groups is 1. The minimum atomic E-state index is -0.159. The van der Waals surface area contributed by atoms with Crippen LogP contribution in [0.4, 0.5) is 4.39 Å². The van der Waals surface area contributed by atoms with Gasteiger partial charge in [0.2, 0.25) is 0 Å². The molecular formula is C21H29FN4O. The lowest BCUT2D eigenvalue weighted by atomic mass is 10.1. The van der Waals surface area contributed by atoms with Gasteiger partial charge in [-0.25, -0.2) is 4.39 Å². The molecule has 0 radical (unpaired) electrons. The Morgan fingerprint density at radius 2 is 2.00 bits per heavy atom. The number of halogens is 1. The van der Waals surface area contributed by atoms with Gasteiger partial charge in [-0.15, -0.1) is 0 Å². The molecule has 0 spiro atoms. The molecule has 1 aliphatic heterocycles. The van der Waals surface area contributed by atoms with E-state index in [0.29, 0.717) is 25.1 Å². The minimum absolute atomic E-state index is 0.157. The summed E-state index contributed by atoms with van der Waals surface area (Å²) in [4.78, 5) is 7.20. The third-order valence-corrected chi connectivity index (χ3v) is 4.86. The SMILES string of the molecule is CCNC(=NCC(c1ccco1)N1CCCC1)NCCc1ccccc1F. The fourth-order valence-electron chi connectivity index (χ4n) is 3.46. The van der Waals surface area contributed by atoms with Crippen LogP contribution in [0.5, 0.6) is 0 Å². The lowest BCUT2D eigenvalue weighted by Crippen LogP contribution is -2.39. The van der Waals surface area contributed by atoms with Crippen LogP contribution in [-0.2, 0) is 6.42 Å². The number of likely N-dealkylation sites (tertiary alicyclic amines) is 1. The molecule has 2 aromatic rings. The summed E-state index contributed by atoms with van der Waals surface area (Å²) in [5.41, 5.74) is 0.714. The van der Waals surface area contributed by atoms with Crippen molar-refractivity contribution in [2.45, 2.75) is 32.2 Å². The number of hydrogen-bond acceptors (Lipinski definition) is 3. The second-order valence-electron chi connectivity index (χ2n) is 6.76. The molecule has 1 aromatic heterocycles. The molecule has 27 heavy (non-hydrogen) atoms. The number of rotatable bonds is 8. The summed E-state index contributed by atoms with van der Waals surface area (Å²) >= 11 is 0. The average molecular weight is 372 g/mol. The first-order valence-corrected chi connectivity index (χ1v) is 9.81. The molecule has 2 N–H and O–H groups in total. The normalized spacial score (nSPS) is 16.4. The zero-order valence-corrected chi connectivity index (χ0v) is 16.0. The van der Waals surface area contributed by atoms with Gasteiger partial charge in [-0.1, -0.05) is 18.2 Å². The molecule has 1 saturated heterocycles. The quantitative estimate of drug-likeness (QED) is 0.551. The molecule has 2 heterocycles. The van der Waals surface area contributed by atoms with Crippen molar-refractivity contribution >= 4 is 5.96 Å². The number of furan rings is 1. The van der Waals surface area contributed by atoms with Gasteiger partial charge in [0.1, 0.15) is 11.6 Å². The summed E-state index contributed by atoms with van der Waals surface area (Å²) in [5, 5.41) is 6.58. The van der Waals surface area contributed by atoms with Crippen LogP contribution in [0.2, 0.25) is 0 Å². The predicted octanol–water partition coefficient (Wildman–Crippen LogP) is 3.35. The largest absolute Gasteiger partial charge is 0.468 e. The zero-order valence-electron chi connectivity index (χ0n) is 16.0. The summed E-state index contributed by atoms with van der Waals surface area (Å²) in [7, 11) is 0. The first kappa shape index (κ1) is 19.4. The van der Waals surface area contributed by atoms with Crippen molar-refractivity contribution < 1.29 is 8.81 Å². The van der Waals surface area contributed by atoms with Crippen LogP contribution in [0, 0.1) is 5.82 Å². The number of nitrogens with one attached hydrogen (secondary N) is 2. The van der Waals surface area contributed by atoms with Gasteiger partial charge in [-0.2, -0.15) is 0 Å². The third kappa shape index (κ3) is 5.57. The average Bonchev–Trinajstić information content (AvgIpc) is 3.38. The van der Waals surface area contributed by atoms with Crippen molar-refractivity contribution in [3.05, 3.63) is 59.8 Å². The van der Waals surface area contributed by atoms with Crippen LogP contribution in [0.1, 0.15) is 37.1 Å². The van der Waals surface area contributed by atoms with E-state index in [4.69, 9.17) is 9.41 Å². The van der Waals surface area contributed by atoms with E-state index in [1.807, 2.05) is 31.2 Å². The van der Waals surface area contributed by atoms with Crippen molar-refractivity contribution in [1.82, 2.24) is 15.5 Å². The van der Waals surface area contributed by atoms with E-state index in [-0.39, 0.29) is 11.9 Å². The molecule has 146 valence electrons. The fraction of sp³-hybridized carbons (Fsp3) is 0.476. The van der Waals surface area contributed by atoms with Gasteiger partial charge in [0.15, 0.2) is 5.96 Å². The maximum Gasteiger partial charge on any atom is 0.191 e. The Labute approximate surface area is 160 Å². The van der Waals surface area contributed by atoms with Crippen LogP contribution < -0.4 is 10.6 Å². The Morgan fingerprint density at radius 1 is 1.19 bits per heavy atom.